The Morgan fingerprint density at radius 1 is 1.22 bits per heavy atom. The summed E-state index contributed by atoms with van der Waals surface area (Å²) in [4.78, 5) is 30.5. The molecule has 0 amide bonds. The molecule has 1 heterocycles. The van der Waals surface area contributed by atoms with Crippen LogP contribution < -0.4 is 11.2 Å². The van der Waals surface area contributed by atoms with E-state index in [0.29, 0.717) is 5.69 Å². The minimum Gasteiger partial charge on any atom is -0.494 e. The molecule has 0 atom stereocenters. The van der Waals surface area contributed by atoms with Crippen LogP contribution in [0.1, 0.15) is 11.1 Å². The number of aliphatic imine (C=N–C) groups is 1. The van der Waals surface area contributed by atoms with E-state index in [1.54, 1.807) is 6.07 Å². The van der Waals surface area contributed by atoms with Gasteiger partial charge in [-0.05, 0) is 18.6 Å². The van der Waals surface area contributed by atoms with Gasteiger partial charge in [-0.2, -0.15) is 0 Å². The highest BCUT2D eigenvalue weighted by Gasteiger charge is 2.05. The zero-order valence-electron chi connectivity index (χ0n) is 9.60. The lowest BCUT2D eigenvalue weighted by molar-refractivity contribution is 0.447. The second kappa shape index (κ2) is 4.70. The Morgan fingerprint density at radius 3 is 2.61 bits per heavy atom. The summed E-state index contributed by atoms with van der Waals surface area (Å²) >= 11 is 0. The van der Waals surface area contributed by atoms with Gasteiger partial charge in [-0.15, -0.1) is 0 Å². The van der Waals surface area contributed by atoms with E-state index in [1.807, 2.05) is 30.1 Å². The van der Waals surface area contributed by atoms with Crippen LogP contribution in [0.3, 0.4) is 0 Å². The van der Waals surface area contributed by atoms with Crippen molar-refractivity contribution in [3.8, 4) is 5.88 Å². The molecule has 18 heavy (non-hydrogen) atoms. The van der Waals surface area contributed by atoms with E-state index < -0.39 is 17.1 Å². The average molecular weight is 245 g/mol. The van der Waals surface area contributed by atoms with Gasteiger partial charge in [0.1, 0.15) is 5.56 Å². The molecule has 2 aromatic rings. The van der Waals surface area contributed by atoms with Gasteiger partial charge in [0.25, 0.3) is 5.56 Å². The van der Waals surface area contributed by atoms with Crippen molar-refractivity contribution < 1.29 is 5.11 Å². The first kappa shape index (κ1) is 11.8. The van der Waals surface area contributed by atoms with Gasteiger partial charge in [0.05, 0.1) is 5.69 Å². The summed E-state index contributed by atoms with van der Waals surface area (Å²) in [6.45, 7) is 1.88. The van der Waals surface area contributed by atoms with Crippen LogP contribution in [0.15, 0.2) is 38.8 Å². The SMILES string of the molecule is Cc1ccccc1N=Cc1c(O)[nH]c(=O)[nH]c1=O. The molecule has 0 aliphatic rings. The van der Waals surface area contributed by atoms with Crippen LogP contribution in [0, 0.1) is 6.92 Å². The maximum absolute atomic E-state index is 11.4. The number of hydrogen-bond donors (Lipinski definition) is 3. The smallest absolute Gasteiger partial charge is 0.328 e. The molecule has 6 nitrogen and oxygen atoms in total. The molecule has 0 aliphatic carbocycles. The largest absolute Gasteiger partial charge is 0.494 e. The molecular weight excluding hydrogens is 234 g/mol. The van der Waals surface area contributed by atoms with E-state index in [-0.39, 0.29) is 5.56 Å². The van der Waals surface area contributed by atoms with Gasteiger partial charge >= 0.3 is 5.69 Å². The van der Waals surface area contributed by atoms with E-state index in [9.17, 15) is 14.7 Å². The third-order valence-corrected chi connectivity index (χ3v) is 2.41. The van der Waals surface area contributed by atoms with Crippen molar-refractivity contribution >= 4 is 11.9 Å². The molecule has 3 N–H and O–H groups in total. The molecule has 0 bridgehead atoms. The summed E-state index contributed by atoms with van der Waals surface area (Å²) < 4.78 is 0. The predicted octanol–water partition coefficient (Wildman–Crippen LogP) is 0.828. The van der Waals surface area contributed by atoms with E-state index >= 15 is 0 Å². The van der Waals surface area contributed by atoms with Crippen molar-refractivity contribution in [2.24, 2.45) is 4.99 Å². The van der Waals surface area contributed by atoms with E-state index in [4.69, 9.17) is 0 Å². The molecule has 0 saturated carbocycles. The van der Waals surface area contributed by atoms with Crippen LogP contribution in [0.4, 0.5) is 5.69 Å². The topological polar surface area (TPSA) is 98.3 Å². The molecule has 2 rings (SSSR count). The minimum absolute atomic E-state index is 0.0853. The summed E-state index contributed by atoms with van der Waals surface area (Å²) in [7, 11) is 0. The maximum Gasteiger partial charge on any atom is 0.328 e. The van der Waals surface area contributed by atoms with Crippen LogP contribution >= 0.6 is 0 Å². The standard InChI is InChI=1S/C12H11N3O3/c1-7-4-2-3-5-9(7)13-6-8-10(16)14-12(18)15-11(8)17/h2-6H,1H3,(H3,14,15,16,17,18). The lowest BCUT2D eigenvalue weighted by Gasteiger charge is -1.99. The monoisotopic (exact) mass is 245 g/mol. The molecule has 92 valence electrons. The van der Waals surface area contributed by atoms with Gasteiger partial charge in [0.2, 0.25) is 5.88 Å². The molecule has 0 radical (unpaired) electrons. The first-order valence-corrected chi connectivity index (χ1v) is 5.23. The van der Waals surface area contributed by atoms with Crippen molar-refractivity contribution in [2.45, 2.75) is 6.92 Å². The van der Waals surface area contributed by atoms with Gasteiger partial charge in [0.15, 0.2) is 0 Å². The Balaban J connectivity index is 2.45. The maximum atomic E-state index is 11.4. The Bertz CT molecular complexity index is 713. The Labute approximate surface area is 102 Å². The fourth-order valence-corrected chi connectivity index (χ4v) is 1.45. The van der Waals surface area contributed by atoms with Crippen molar-refractivity contribution in [2.75, 3.05) is 0 Å². The summed E-state index contributed by atoms with van der Waals surface area (Å²) in [6, 6.07) is 7.35. The number of benzene rings is 1. The fourth-order valence-electron chi connectivity index (χ4n) is 1.45. The third kappa shape index (κ3) is 2.37. The molecule has 0 fully saturated rings. The van der Waals surface area contributed by atoms with Crippen LogP contribution in [0.2, 0.25) is 0 Å². The number of hydrogen-bond acceptors (Lipinski definition) is 4. The van der Waals surface area contributed by atoms with Crippen LogP contribution in [-0.4, -0.2) is 21.3 Å². The number of aryl methyl sites for hydroxylation is 1. The molecule has 6 heteroatoms. The number of nitrogens with zero attached hydrogens (tertiary/aromatic N) is 1. The molecule has 0 spiro atoms. The number of rotatable bonds is 2. The summed E-state index contributed by atoms with van der Waals surface area (Å²) in [5.74, 6) is -0.499. The second-order valence-corrected chi connectivity index (χ2v) is 3.72. The van der Waals surface area contributed by atoms with Crippen molar-refractivity contribution in [3.05, 3.63) is 56.2 Å². The highest BCUT2D eigenvalue weighted by atomic mass is 16.3. The van der Waals surface area contributed by atoms with Gasteiger partial charge < -0.3 is 5.11 Å². The van der Waals surface area contributed by atoms with E-state index in [1.165, 1.54) is 6.21 Å². The van der Waals surface area contributed by atoms with Crippen LogP contribution in [-0.2, 0) is 0 Å². The van der Waals surface area contributed by atoms with E-state index in [2.05, 4.69) is 9.98 Å². The van der Waals surface area contributed by atoms with Gasteiger partial charge in [-0.25, -0.2) is 4.79 Å². The highest BCUT2D eigenvalue weighted by Crippen LogP contribution is 2.17. The number of aromatic amines is 2. The van der Waals surface area contributed by atoms with Gasteiger partial charge in [0, 0.05) is 6.21 Å². The first-order chi connectivity index (χ1) is 8.58. The van der Waals surface area contributed by atoms with E-state index in [0.717, 1.165) is 5.56 Å². The Kier molecular flexibility index (Phi) is 3.09. The molecular formula is C12H11N3O3. The lowest BCUT2D eigenvalue weighted by Crippen LogP contribution is -2.24. The quantitative estimate of drug-likeness (QED) is 0.683. The van der Waals surface area contributed by atoms with Crippen LogP contribution in [0.5, 0.6) is 5.88 Å². The minimum atomic E-state index is -0.759. The zero-order chi connectivity index (χ0) is 13.1. The average Bonchev–Trinajstić information content (AvgIpc) is 2.30. The molecule has 0 aliphatic heterocycles. The molecule has 0 saturated heterocycles. The van der Waals surface area contributed by atoms with Crippen molar-refractivity contribution in [1.82, 2.24) is 9.97 Å². The number of para-hydroxylation sites is 1. The number of nitrogens with one attached hydrogen (secondary N) is 2. The Morgan fingerprint density at radius 2 is 1.94 bits per heavy atom. The lowest BCUT2D eigenvalue weighted by atomic mass is 10.2. The normalized spacial score (nSPS) is 10.9. The summed E-state index contributed by atoms with van der Waals surface area (Å²) in [5.41, 5.74) is 0.0913. The molecule has 0 unspecified atom stereocenters. The summed E-state index contributed by atoms with van der Waals surface area (Å²) in [6.07, 6.45) is 1.21. The number of H-pyrrole nitrogens is 2. The zero-order valence-corrected chi connectivity index (χ0v) is 9.60. The number of aromatic nitrogens is 2. The van der Waals surface area contributed by atoms with Gasteiger partial charge in [-0.3, -0.25) is 19.8 Å². The third-order valence-electron chi connectivity index (χ3n) is 2.41. The first-order valence-electron chi connectivity index (χ1n) is 5.23. The summed E-state index contributed by atoms with van der Waals surface area (Å²) in [5, 5.41) is 9.45. The second-order valence-electron chi connectivity index (χ2n) is 3.72. The van der Waals surface area contributed by atoms with Crippen LogP contribution in [0.25, 0.3) is 0 Å². The van der Waals surface area contributed by atoms with Gasteiger partial charge in [-0.1, -0.05) is 18.2 Å². The molecule has 1 aromatic heterocycles. The highest BCUT2D eigenvalue weighted by molar-refractivity contribution is 5.84. The molecule has 1 aromatic carbocycles. The Hall–Kier alpha value is -2.63. The van der Waals surface area contributed by atoms with Crippen molar-refractivity contribution in [1.29, 1.82) is 0 Å². The van der Waals surface area contributed by atoms with Crippen molar-refractivity contribution in [3.63, 3.8) is 0 Å². The fraction of sp³-hybridized carbons (Fsp3) is 0.0833. The number of aromatic hydroxyl groups is 1. The predicted molar refractivity (Wildman–Crippen MR) is 67.8 cm³/mol.